The minimum atomic E-state index is 0.709. The standard InChI is InChI=1S/C16H22ClN/c17-16-7-2-1-4-14(16)11-18-15-6-3-5-13(10-15)12-8-9-12/h1-2,4,7,12-13,15,18H,3,5-6,8-11H2. The molecule has 2 fully saturated rings. The van der Waals surface area contributed by atoms with Gasteiger partial charge < -0.3 is 5.32 Å². The summed E-state index contributed by atoms with van der Waals surface area (Å²) in [7, 11) is 0. The van der Waals surface area contributed by atoms with Gasteiger partial charge in [-0.25, -0.2) is 0 Å². The minimum Gasteiger partial charge on any atom is -0.310 e. The van der Waals surface area contributed by atoms with Crippen LogP contribution < -0.4 is 5.32 Å². The first kappa shape index (κ1) is 12.5. The summed E-state index contributed by atoms with van der Waals surface area (Å²) < 4.78 is 0. The largest absolute Gasteiger partial charge is 0.310 e. The Labute approximate surface area is 115 Å². The smallest absolute Gasteiger partial charge is 0.0450 e. The van der Waals surface area contributed by atoms with E-state index in [2.05, 4.69) is 17.4 Å². The van der Waals surface area contributed by atoms with Crippen molar-refractivity contribution in [2.24, 2.45) is 11.8 Å². The zero-order chi connectivity index (χ0) is 12.4. The van der Waals surface area contributed by atoms with Gasteiger partial charge in [0.25, 0.3) is 0 Å². The Morgan fingerprint density at radius 3 is 2.67 bits per heavy atom. The molecule has 2 aliphatic carbocycles. The molecule has 0 aliphatic heterocycles. The molecule has 0 saturated heterocycles. The molecule has 18 heavy (non-hydrogen) atoms. The predicted molar refractivity (Wildman–Crippen MR) is 76.8 cm³/mol. The quantitative estimate of drug-likeness (QED) is 0.849. The van der Waals surface area contributed by atoms with Crippen molar-refractivity contribution in [2.45, 2.75) is 51.1 Å². The average Bonchev–Trinajstić information content (AvgIpc) is 3.23. The molecule has 0 radical (unpaired) electrons. The molecule has 2 aliphatic rings. The van der Waals surface area contributed by atoms with Gasteiger partial charge in [-0.1, -0.05) is 42.6 Å². The van der Waals surface area contributed by atoms with E-state index >= 15 is 0 Å². The molecule has 2 saturated carbocycles. The molecule has 1 aromatic carbocycles. The molecule has 0 bridgehead atoms. The first-order valence-corrected chi connectivity index (χ1v) is 7.67. The fraction of sp³-hybridized carbons (Fsp3) is 0.625. The average molecular weight is 264 g/mol. The molecule has 2 heteroatoms. The van der Waals surface area contributed by atoms with Crippen molar-refractivity contribution in [1.82, 2.24) is 5.32 Å². The fourth-order valence-electron chi connectivity index (χ4n) is 3.30. The van der Waals surface area contributed by atoms with Crippen LogP contribution in [0.2, 0.25) is 5.02 Å². The van der Waals surface area contributed by atoms with Crippen molar-refractivity contribution in [2.75, 3.05) is 0 Å². The molecule has 1 aromatic rings. The summed E-state index contributed by atoms with van der Waals surface area (Å²) in [5.41, 5.74) is 1.23. The SMILES string of the molecule is Clc1ccccc1CNC1CCCC(C2CC2)C1. The molecule has 0 amide bonds. The van der Waals surface area contributed by atoms with Crippen LogP contribution in [-0.4, -0.2) is 6.04 Å². The molecule has 1 N–H and O–H groups in total. The Morgan fingerprint density at radius 2 is 1.89 bits per heavy atom. The van der Waals surface area contributed by atoms with Crippen molar-refractivity contribution in [3.8, 4) is 0 Å². The Morgan fingerprint density at radius 1 is 1.06 bits per heavy atom. The van der Waals surface area contributed by atoms with E-state index in [1.165, 1.54) is 44.1 Å². The monoisotopic (exact) mass is 263 g/mol. The van der Waals surface area contributed by atoms with E-state index in [1.807, 2.05) is 12.1 Å². The van der Waals surface area contributed by atoms with Crippen LogP contribution in [0.4, 0.5) is 0 Å². The van der Waals surface area contributed by atoms with Crippen molar-refractivity contribution < 1.29 is 0 Å². The van der Waals surface area contributed by atoms with Crippen molar-refractivity contribution in [3.63, 3.8) is 0 Å². The highest BCUT2D eigenvalue weighted by atomic mass is 35.5. The highest BCUT2D eigenvalue weighted by molar-refractivity contribution is 6.31. The van der Waals surface area contributed by atoms with Gasteiger partial charge in [-0.15, -0.1) is 0 Å². The fourth-order valence-corrected chi connectivity index (χ4v) is 3.51. The number of hydrogen-bond acceptors (Lipinski definition) is 1. The predicted octanol–water partition coefficient (Wildman–Crippen LogP) is 4.40. The Kier molecular flexibility index (Phi) is 3.91. The van der Waals surface area contributed by atoms with Crippen molar-refractivity contribution >= 4 is 11.6 Å². The summed E-state index contributed by atoms with van der Waals surface area (Å²) in [5, 5.41) is 4.60. The maximum absolute atomic E-state index is 6.19. The Bertz CT molecular complexity index is 400. The van der Waals surface area contributed by atoms with Gasteiger partial charge in [0.1, 0.15) is 0 Å². The van der Waals surface area contributed by atoms with Gasteiger partial charge in [0.05, 0.1) is 0 Å². The number of halogens is 1. The van der Waals surface area contributed by atoms with E-state index in [0.717, 1.165) is 23.4 Å². The second-order valence-electron chi connectivity index (χ2n) is 5.93. The van der Waals surface area contributed by atoms with E-state index in [1.54, 1.807) is 0 Å². The van der Waals surface area contributed by atoms with Crippen molar-refractivity contribution in [3.05, 3.63) is 34.9 Å². The maximum atomic E-state index is 6.19. The molecular formula is C16H22ClN. The van der Waals surface area contributed by atoms with E-state index in [-0.39, 0.29) is 0 Å². The zero-order valence-corrected chi connectivity index (χ0v) is 11.6. The Balaban J connectivity index is 1.52. The summed E-state index contributed by atoms with van der Waals surface area (Å²) in [6.45, 7) is 0.918. The van der Waals surface area contributed by atoms with Crippen LogP contribution in [0, 0.1) is 11.8 Å². The third-order valence-electron chi connectivity index (χ3n) is 4.54. The first-order chi connectivity index (χ1) is 8.83. The third-order valence-corrected chi connectivity index (χ3v) is 4.91. The molecule has 0 heterocycles. The number of hydrogen-bond donors (Lipinski definition) is 1. The van der Waals surface area contributed by atoms with Gasteiger partial charge in [-0.3, -0.25) is 0 Å². The van der Waals surface area contributed by atoms with Gasteiger partial charge in [0.15, 0.2) is 0 Å². The summed E-state index contributed by atoms with van der Waals surface area (Å²) in [6, 6.07) is 8.87. The van der Waals surface area contributed by atoms with E-state index in [9.17, 15) is 0 Å². The van der Waals surface area contributed by atoms with Crippen molar-refractivity contribution in [1.29, 1.82) is 0 Å². The molecular weight excluding hydrogens is 242 g/mol. The number of nitrogens with one attached hydrogen (secondary N) is 1. The van der Waals surface area contributed by atoms with Gasteiger partial charge in [-0.05, 0) is 49.1 Å². The van der Waals surface area contributed by atoms with Crippen LogP contribution in [0.5, 0.6) is 0 Å². The van der Waals surface area contributed by atoms with Crippen LogP contribution in [0.1, 0.15) is 44.1 Å². The highest BCUT2D eigenvalue weighted by Crippen LogP contribution is 2.43. The van der Waals surface area contributed by atoms with Crippen LogP contribution in [0.3, 0.4) is 0 Å². The number of rotatable bonds is 4. The molecule has 98 valence electrons. The van der Waals surface area contributed by atoms with Crippen LogP contribution in [0.25, 0.3) is 0 Å². The lowest BCUT2D eigenvalue weighted by Crippen LogP contribution is -2.34. The maximum Gasteiger partial charge on any atom is 0.0450 e. The summed E-state index contributed by atoms with van der Waals surface area (Å²) in [4.78, 5) is 0. The molecule has 0 aromatic heterocycles. The minimum absolute atomic E-state index is 0.709. The van der Waals surface area contributed by atoms with E-state index in [4.69, 9.17) is 11.6 Å². The van der Waals surface area contributed by atoms with E-state index in [0.29, 0.717) is 6.04 Å². The van der Waals surface area contributed by atoms with Crippen LogP contribution in [0.15, 0.2) is 24.3 Å². The second kappa shape index (κ2) is 5.63. The lowest BCUT2D eigenvalue weighted by molar-refractivity contribution is 0.260. The molecule has 1 nitrogen and oxygen atoms in total. The van der Waals surface area contributed by atoms with Gasteiger partial charge in [0.2, 0.25) is 0 Å². The second-order valence-corrected chi connectivity index (χ2v) is 6.34. The summed E-state index contributed by atoms with van der Waals surface area (Å²) >= 11 is 6.19. The first-order valence-electron chi connectivity index (χ1n) is 7.29. The third kappa shape index (κ3) is 3.07. The van der Waals surface area contributed by atoms with Gasteiger partial charge in [0, 0.05) is 17.6 Å². The number of benzene rings is 1. The lowest BCUT2D eigenvalue weighted by Gasteiger charge is -2.30. The van der Waals surface area contributed by atoms with Gasteiger partial charge >= 0.3 is 0 Å². The molecule has 3 rings (SSSR count). The normalized spacial score (nSPS) is 28.3. The lowest BCUT2D eigenvalue weighted by atomic mass is 9.82. The van der Waals surface area contributed by atoms with Crippen LogP contribution in [-0.2, 0) is 6.54 Å². The highest BCUT2D eigenvalue weighted by Gasteiger charge is 2.34. The molecule has 0 spiro atoms. The van der Waals surface area contributed by atoms with Crippen LogP contribution >= 0.6 is 11.6 Å². The molecule has 2 unspecified atom stereocenters. The Hall–Kier alpha value is -0.530. The summed E-state index contributed by atoms with van der Waals surface area (Å²) in [5.74, 6) is 2.07. The van der Waals surface area contributed by atoms with Gasteiger partial charge in [-0.2, -0.15) is 0 Å². The summed E-state index contributed by atoms with van der Waals surface area (Å²) in [6.07, 6.45) is 8.57. The topological polar surface area (TPSA) is 12.0 Å². The van der Waals surface area contributed by atoms with E-state index < -0.39 is 0 Å². The zero-order valence-electron chi connectivity index (χ0n) is 10.9. The molecule has 2 atom stereocenters.